The van der Waals surface area contributed by atoms with Crippen LogP contribution in [0.2, 0.25) is 0 Å². The molecule has 0 saturated carbocycles. The second-order valence-electron chi connectivity index (χ2n) is 6.68. The Kier molecular flexibility index (Phi) is 4.52. The van der Waals surface area contributed by atoms with E-state index in [4.69, 9.17) is 0 Å². The van der Waals surface area contributed by atoms with Crippen LogP contribution in [0.1, 0.15) is 0 Å². The zero-order valence-corrected chi connectivity index (χ0v) is 16.7. The fourth-order valence-corrected chi connectivity index (χ4v) is 4.46. The molecule has 0 bridgehead atoms. The molecule has 3 heterocycles. The minimum absolute atomic E-state index is 0.129. The van der Waals surface area contributed by atoms with Crippen LogP contribution in [0.15, 0.2) is 95.2 Å². The van der Waals surface area contributed by atoms with Gasteiger partial charge in [-0.2, -0.15) is 5.10 Å². The van der Waals surface area contributed by atoms with Crippen molar-refractivity contribution < 1.29 is 12.8 Å². The number of benzene rings is 2. The number of hydrogen-bond donors (Lipinski definition) is 0. The van der Waals surface area contributed by atoms with E-state index in [2.05, 4.69) is 20.3 Å². The predicted molar refractivity (Wildman–Crippen MR) is 111 cm³/mol. The first-order valence-corrected chi connectivity index (χ1v) is 10.8. The smallest absolute Gasteiger partial charge is 0.225 e. The summed E-state index contributed by atoms with van der Waals surface area (Å²) in [5, 5.41) is 12.4. The van der Waals surface area contributed by atoms with Crippen molar-refractivity contribution in [2.45, 2.75) is 9.92 Å². The molecule has 0 N–H and O–H groups in total. The molecule has 3 aromatic heterocycles. The van der Waals surface area contributed by atoms with Gasteiger partial charge in [-0.15, -0.1) is 10.2 Å². The molecular weight excluding hydrogens is 417 g/mol. The SMILES string of the molecule is O=S(=O)(c1ccccc1)c1ccc(-c2c(-c3ccccc3F)nn3ccncc23)nn1. The average molecular weight is 431 g/mol. The zero-order valence-electron chi connectivity index (χ0n) is 15.9. The van der Waals surface area contributed by atoms with E-state index in [9.17, 15) is 12.8 Å². The molecule has 0 amide bonds. The first kappa shape index (κ1) is 19.0. The Morgan fingerprint density at radius 1 is 0.871 bits per heavy atom. The lowest BCUT2D eigenvalue weighted by Crippen LogP contribution is -2.05. The van der Waals surface area contributed by atoms with Gasteiger partial charge in [-0.1, -0.05) is 30.3 Å². The Hall–Kier alpha value is -3.98. The number of nitrogens with zero attached hydrogens (tertiary/aromatic N) is 5. The van der Waals surface area contributed by atoms with Crippen molar-refractivity contribution >= 4 is 15.4 Å². The number of hydrogen-bond acceptors (Lipinski definition) is 6. The Bertz CT molecular complexity index is 1500. The van der Waals surface area contributed by atoms with Gasteiger partial charge in [0.15, 0.2) is 5.03 Å². The lowest BCUT2D eigenvalue weighted by molar-refractivity contribution is 0.590. The molecule has 0 fully saturated rings. The van der Waals surface area contributed by atoms with Gasteiger partial charge in [0.2, 0.25) is 9.84 Å². The number of sulfone groups is 1. The van der Waals surface area contributed by atoms with Crippen molar-refractivity contribution in [1.82, 2.24) is 24.8 Å². The minimum Gasteiger partial charge on any atom is -0.261 e. The molecule has 0 atom stereocenters. The van der Waals surface area contributed by atoms with Crippen LogP contribution in [0.5, 0.6) is 0 Å². The van der Waals surface area contributed by atoms with E-state index in [0.717, 1.165) is 0 Å². The summed E-state index contributed by atoms with van der Waals surface area (Å²) < 4.78 is 41.7. The standard InChI is InChI=1S/C22H14FN5O2S/c23-17-9-5-4-8-16(17)22-21(19-14-24-12-13-28(19)27-22)18-10-11-20(26-25-18)31(29,30)15-6-2-1-3-7-15/h1-14H. The van der Waals surface area contributed by atoms with Gasteiger partial charge in [-0.25, -0.2) is 17.3 Å². The molecule has 9 heteroatoms. The van der Waals surface area contributed by atoms with Gasteiger partial charge >= 0.3 is 0 Å². The van der Waals surface area contributed by atoms with Crippen molar-refractivity contribution in [3.05, 3.63) is 91.1 Å². The second-order valence-corrected chi connectivity index (χ2v) is 8.58. The zero-order chi connectivity index (χ0) is 21.4. The van der Waals surface area contributed by atoms with Gasteiger partial charge in [0, 0.05) is 18.0 Å². The van der Waals surface area contributed by atoms with Crippen LogP contribution in [0.25, 0.3) is 28.0 Å². The van der Waals surface area contributed by atoms with Gasteiger partial charge in [-0.3, -0.25) is 4.98 Å². The van der Waals surface area contributed by atoms with Crippen LogP contribution < -0.4 is 0 Å². The van der Waals surface area contributed by atoms with Gasteiger partial charge < -0.3 is 0 Å². The molecule has 0 radical (unpaired) electrons. The molecule has 2 aromatic carbocycles. The van der Waals surface area contributed by atoms with Crippen LogP contribution in [0.3, 0.4) is 0 Å². The maximum Gasteiger partial charge on any atom is 0.225 e. The van der Waals surface area contributed by atoms with Gasteiger partial charge in [0.1, 0.15) is 11.5 Å². The molecule has 0 saturated heterocycles. The summed E-state index contributed by atoms with van der Waals surface area (Å²) in [6, 6.07) is 17.2. The number of rotatable bonds is 4. The molecule has 0 spiro atoms. The van der Waals surface area contributed by atoms with Crippen molar-refractivity contribution in [3.63, 3.8) is 0 Å². The summed E-state index contributed by atoms with van der Waals surface area (Å²) in [7, 11) is -3.80. The van der Waals surface area contributed by atoms with Crippen molar-refractivity contribution in [3.8, 4) is 22.5 Å². The van der Waals surface area contributed by atoms with Crippen LogP contribution in [-0.4, -0.2) is 33.2 Å². The second kappa shape index (κ2) is 7.37. The lowest BCUT2D eigenvalue weighted by Gasteiger charge is -2.06. The summed E-state index contributed by atoms with van der Waals surface area (Å²) in [4.78, 5) is 4.26. The summed E-state index contributed by atoms with van der Waals surface area (Å²) in [5.74, 6) is -0.434. The maximum atomic E-state index is 14.5. The van der Waals surface area contributed by atoms with Crippen LogP contribution in [0, 0.1) is 5.82 Å². The lowest BCUT2D eigenvalue weighted by atomic mass is 10.0. The first-order valence-electron chi connectivity index (χ1n) is 9.27. The van der Waals surface area contributed by atoms with Crippen molar-refractivity contribution in [1.29, 1.82) is 0 Å². The van der Waals surface area contributed by atoms with Gasteiger partial charge in [0.05, 0.1) is 27.9 Å². The quantitative estimate of drug-likeness (QED) is 0.430. The molecular formula is C22H14FN5O2S. The Labute approximate surface area is 176 Å². The minimum atomic E-state index is -3.80. The third kappa shape index (κ3) is 3.24. The highest BCUT2D eigenvalue weighted by molar-refractivity contribution is 7.91. The molecule has 5 rings (SSSR count). The van der Waals surface area contributed by atoms with E-state index in [1.165, 1.54) is 30.3 Å². The summed E-state index contributed by atoms with van der Waals surface area (Å²) in [5.41, 5.74) is 2.11. The number of aromatic nitrogens is 5. The van der Waals surface area contributed by atoms with E-state index in [0.29, 0.717) is 28.0 Å². The van der Waals surface area contributed by atoms with Gasteiger partial charge in [-0.05, 0) is 36.4 Å². The van der Waals surface area contributed by atoms with Crippen molar-refractivity contribution in [2.24, 2.45) is 0 Å². The highest BCUT2D eigenvalue weighted by atomic mass is 32.2. The largest absolute Gasteiger partial charge is 0.261 e. The molecule has 5 aromatic rings. The van der Waals surface area contributed by atoms with E-state index in [1.54, 1.807) is 59.5 Å². The van der Waals surface area contributed by atoms with E-state index < -0.39 is 15.7 Å². The third-order valence-corrected chi connectivity index (χ3v) is 6.45. The van der Waals surface area contributed by atoms with Crippen LogP contribution in [0.4, 0.5) is 4.39 Å². The first-order chi connectivity index (χ1) is 15.1. The summed E-state index contributed by atoms with van der Waals surface area (Å²) in [6.07, 6.45) is 4.80. The normalized spacial score (nSPS) is 11.6. The molecule has 152 valence electrons. The highest BCUT2D eigenvalue weighted by Crippen LogP contribution is 2.35. The highest BCUT2D eigenvalue weighted by Gasteiger charge is 2.23. The molecule has 7 nitrogen and oxygen atoms in total. The molecule has 0 aliphatic heterocycles. The molecule has 0 unspecified atom stereocenters. The number of halogens is 1. The van der Waals surface area contributed by atoms with E-state index in [1.807, 2.05) is 0 Å². The topological polar surface area (TPSA) is 90.1 Å². The fraction of sp³-hybridized carbons (Fsp3) is 0. The summed E-state index contributed by atoms with van der Waals surface area (Å²) >= 11 is 0. The predicted octanol–water partition coefficient (Wildman–Crippen LogP) is 3.83. The van der Waals surface area contributed by atoms with E-state index in [-0.39, 0.29) is 9.92 Å². The van der Waals surface area contributed by atoms with E-state index >= 15 is 0 Å². The van der Waals surface area contributed by atoms with Gasteiger partial charge in [0.25, 0.3) is 0 Å². The molecule has 0 aliphatic carbocycles. The molecule has 0 aliphatic rings. The average Bonchev–Trinajstić information content (AvgIpc) is 3.19. The maximum absolute atomic E-state index is 14.5. The fourth-order valence-electron chi connectivity index (χ4n) is 3.31. The van der Waals surface area contributed by atoms with Crippen LogP contribution in [-0.2, 0) is 9.84 Å². The Morgan fingerprint density at radius 2 is 1.65 bits per heavy atom. The monoisotopic (exact) mass is 431 g/mol. The Balaban J connectivity index is 1.67. The molecule has 31 heavy (non-hydrogen) atoms. The van der Waals surface area contributed by atoms with Crippen LogP contribution >= 0.6 is 0 Å². The number of fused-ring (bicyclic) bond motifs is 1. The Morgan fingerprint density at radius 3 is 2.39 bits per heavy atom. The third-order valence-electron chi connectivity index (χ3n) is 4.79. The van der Waals surface area contributed by atoms with Crippen molar-refractivity contribution in [2.75, 3.05) is 0 Å². The summed E-state index contributed by atoms with van der Waals surface area (Å²) in [6.45, 7) is 0.